The number of benzene rings is 1. The largest absolute Gasteiger partial charge is 0.493 e. The second-order valence-corrected chi connectivity index (χ2v) is 4.10. The third-order valence-corrected chi connectivity index (χ3v) is 2.83. The molecule has 20 heavy (non-hydrogen) atoms. The van der Waals surface area contributed by atoms with Crippen molar-refractivity contribution in [2.45, 2.75) is 13.1 Å². The van der Waals surface area contributed by atoms with Gasteiger partial charge in [0.25, 0.3) is 0 Å². The lowest BCUT2D eigenvalue weighted by Crippen LogP contribution is -2.13. The molecule has 2 rings (SSSR count). The number of methoxy groups -OCH3 is 1. The minimum atomic E-state index is -4.80. The lowest BCUT2D eigenvalue weighted by molar-refractivity contribution is -0.152. The number of hydrogen-bond acceptors (Lipinski definition) is 4. The molecule has 1 aromatic heterocycles. The molecule has 0 saturated carbocycles. The quantitative estimate of drug-likeness (QED) is 0.796. The summed E-state index contributed by atoms with van der Waals surface area (Å²) in [6.45, 7) is 1.54. The Kier molecular flexibility index (Phi) is 3.29. The van der Waals surface area contributed by atoms with Gasteiger partial charge in [0.1, 0.15) is 0 Å². The Morgan fingerprint density at radius 2 is 1.95 bits per heavy atom. The van der Waals surface area contributed by atoms with Crippen molar-refractivity contribution in [2.24, 2.45) is 0 Å². The zero-order valence-corrected chi connectivity index (χ0v) is 10.5. The highest BCUT2D eigenvalue weighted by atomic mass is 19.4. The van der Waals surface area contributed by atoms with E-state index in [1.165, 1.54) is 13.2 Å². The van der Waals surface area contributed by atoms with Crippen molar-refractivity contribution in [1.82, 2.24) is 0 Å². The van der Waals surface area contributed by atoms with E-state index in [2.05, 4.69) is 0 Å². The number of hydrogen-bond donors (Lipinski definition) is 0. The standard InChI is InChI=1S/C13H9F3O4/c1-6-3-9(19-2)12-11(7(6)5-17)8(18)4-10(20-12)13(14,15)16/h3-5H,1-2H3. The summed E-state index contributed by atoms with van der Waals surface area (Å²) in [4.78, 5) is 22.9. The van der Waals surface area contributed by atoms with E-state index in [0.29, 0.717) is 17.9 Å². The van der Waals surface area contributed by atoms with E-state index in [4.69, 9.17) is 9.15 Å². The number of aryl methyl sites for hydroxylation is 1. The van der Waals surface area contributed by atoms with Crippen molar-refractivity contribution in [3.8, 4) is 5.75 Å². The maximum atomic E-state index is 12.7. The molecule has 0 amide bonds. The van der Waals surface area contributed by atoms with Gasteiger partial charge in [-0.15, -0.1) is 0 Å². The van der Waals surface area contributed by atoms with Crippen LogP contribution in [0.25, 0.3) is 11.0 Å². The molecule has 2 aromatic rings. The van der Waals surface area contributed by atoms with Gasteiger partial charge >= 0.3 is 6.18 Å². The Balaban J connectivity index is 3.00. The summed E-state index contributed by atoms with van der Waals surface area (Å²) < 4.78 is 47.6. The van der Waals surface area contributed by atoms with Gasteiger partial charge in [0.2, 0.25) is 5.76 Å². The molecular formula is C13H9F3O4. The zero-order valence-electron chi connectivity index (χ0n) is 10.5. The molecule has 0 saturated heterocycles. The fourth-order valence-electron chi connectivity index (χ4n) is 1.90. The van der Waals surface area contributed by atoms with Gasteiger partial charge in [0.15, 0.2) is 23.0 Å². The summed E-state index contributed by atoms with van der Waals surface area (Å²) in [5, 5.41) is -0.218. The van der Waals surface area contributed by atoms with Gasteiger partial charge in [-0.2, -0.15) is 13.2 Å². The molecule has 0 radical (unpaired) electrons. The van der Waals surface area contributed by atoms with Gasteiger partial charge in [-0.25, -0.2) is 0 Å². The van der Waals surface area contributed by atoms with E-state index in [9.17, 15) is 22.8 Å². The van der Waals surface area contributed by atoms with Gasteiger partial charge < -0.3 is 9.15 Å². The van der Waals surface area contributed by atoms with E-state index in [1.807, 2.05) is 0 Å². The Morgan fingerprint density at radius 3 is 2.45 bits per heavy atom. The van der Waals surface area contributed by atoms with E-state index >= 15 is 0 Å². The van der Waals surface area contributed by atoms with Crippen molar-refractivity contribution in [3.05, 3.63) is 39.2 Å². The van der Waals surface area contributed by atoms with Crippen LogP contribution in [0, 0.1) is 6.92 Å². The molecule has 0 atom stereocenters. The average Bonchev–Trinajstić information content (AvgIpc) is 2.37. The molecule has 106 valence electrons. The number of alkyl halides is 3. The summed E-state index contributed by atoms with van der Waals surface area (Å²) >= 11 is 0. The average molecular weight is 286 g/mol. The van der Waals surface area contributed by atoms with E-state index in [-0.39, 0.29) is 22.3 Å². The van der Waals surface area contributed by atoms with E-state index < -0.39 is 17.4 Å². The Morgan fingerprint density at radius 1 is 1.30 bits per heavy atom. The predicted octanol–water partition coefficient (Wildman–Crippen LogP) is 2.94. The van der Waals surface area contributed by atoms with Crippen LogP contribution in [0.15, 0.2) is 21.3 Å². The minimum absolute atomic E-state index is 0.0109. The monoisotopic (exact) mass is 286 g/mol. The molecule has 0 N–H and O–H groups in total. The fourth-order valence-corrected chi connectivity index (χ4v) is 1.90. The van der Waals surface area contributed by atoms with Crippen LogP contribution in [0.1, 0.15) is 21.7 Å². The number of carbonyl (C=O) groups excluding carboxylic acids is 1. The number of halogens is 3. The first-order valence-electron chi connectivity index (χ1n) is 5.47. The van der Waals surface area contributed by atoms with Crippen LogP contribution in [0.5, 0.6) is 5.75 Å². The van der Waals surface area contributed by atoms with Crippen LogP contribution in [-0.4, -0.2) is 13.4 Å². The third kappa shape index (κ3) is 2.15. The Hall–Kier alpha value is -2.31. The number of ether oxygens (including phenoxy) is 1. The lowest BCUT2D eigenvalue weighted by atomic mass is 10.0. The highest BCUT2D eigenvalue weighted by molar-refractivity contribution is 5.99. The van der Waals surface area contributed by atoms with Crippen molar-refractivity contribution in [2.75, 3.05) is 7.11 Å². The smallest absolute Gasteiger partial charge is 0.449 e. The van der Waals surface area contributed by atoms with Crippen molar-refractivity contribution in [1.29, 1.82) is 0 Å². The molecule has 0 fully saturated rings. The lowest BCUT2D eigenvalue weighted by Gasteiger charge is -2.11. The molecule has 0 bridgehead atoms. The SMILES string of the molecule is COc1cc(C)c(C=O)c2c(=O)cc(C(F)(F)F)oc12. The first-order valence-corrected chi connectivity index (χ1v) is 5.47. The molecule has 0 spiro atoms. The fraction of sp³-hybridized carbons (Fsp3) is 0.231. The first-order chi connectivity index (χ1) is 9.29. The van der Waals surface area contributed by atoms with E-state index in [1.54, 1.807) is 6.92 Å². The van der Waals surface area contributed by atoms with Crippen LogP contribution in [0.3, 0.4) is 0 Å². The van der Waals surface area contributed by atoms with E-state index in [0.717, 1.165) is 0 Å². The first kappa shape index (κ1) is 14.1. The third-order valence-electron chi connectivity index (χ3n) is 2.83. The van der Waals surface area contributed by atoms with Crippen molar-refractivity contribution < 1.29 is 27.1 Å². The highest BCUT2D eigenvalue weighted by Crippen LogP contribution is 2.34. The van der Waals surface area contributed by atoms with Crippen molar-refractivity contribution >= 4 is 17.3 Å². The molecule has 0 unspecified atom stereocenters. The van der Waals surface area contributed by atoms with Gasteiger partial charge in [0.05, 0.1) is 12.5 Å². The van der Waals surface area contributed by atoms with Gasteiger partial charge in [0, 0.05) is 11.6 Å². The number of carbonyl (C=O) groups is 1. The van der Waals surface area contributed by atoms with Crippen LogP contribution in [-0.2, 0) is 6.18 Å². The van der Waals surface area contributed by atoms with Gasteiger partial charge in [-0.1, -0.05) is 0 Å². The summed E-state index contributed by atoms with van der Waals surface area (Å²) in [6.07, 6.45) is -4.40. The molecule has 1 aromatic carbocycles. The minimum Gasteiger partial charge on any atom is -0.493 e. The maximum absolute atomic E-state index is 12.7. The molecule has 1 heterocycles. The molecule has 4 nitrogen and oxygen atoms in total. The van der Waals surface area contributed by atoms with Crippen LogP contribution < -0.4 is 10.2 Å². The molecule has 0 aliphatic carbocycles. The van der Waals surface area contributed by atoms with Crippen LogP contribution in [0.2, 0.25) is 0 Å². The molecular weight excluding hydrogens is 277 g/mol. The number of aldehydes is 1. The second kappa shape index (κ2) is 4.66. The highest BCUT2D eigenvalue weighted by Gasteiger charge is 2.35. The number of rotatable bonds is 2. The molecule has 7 heteroatoms. The van der Waals surface area contributed by atoms with Crippen molar-refractivity contribution in [3.63, 3.8) is 0 Å². The van der Waals surface area contributed by atoms with Crippen LogP contribution >= 0.6 is 0 Å². The summed E-state index contributed by atoms with van der Waals surface area (Å²) in [5.41, 5.74) is -0.928. The molecule has 0 aliphatic heterocycles. The summed E-state index contributed by atoms with van der Waals surface area (Å²) in [5.74, 6) is -1.47. The normalized spacial score (nSPS) is 11.7. The zero-order chi connectivity index (χ0) is 15.1. The number of fused-ring (bicyclic) bond motifs is 1. The predicted molar refractivity (Wildman–Crippen MR) is 64.2 cm³/mol. The van der Waals surface area contributed by atoms with Crippen LogP contribution in [0.4, 0.5) is 13.2 Å². The Bertz CT molecular complexity index is 744. The molecule has 0 aliphatic rings. The summed E-state index contributed by atoms with van der Waals surface area (Å²) in [6, 6.07) is 1.67. The maximum Gasteiger partial charge on any atom is 0.449 e. The Labute approximate surface area is 110 Å². The summed E-state index contributed by atoms with van der Waals surface area (Å²) in [7, 11) is 1.23. The van der Waals surface area contributed by atoms with Gasteiger partial charge in [-0.05, 0) is 18.6 Å². The second-order valence-electron chi connectivity index (χ2n) is 4.10. The topological polar surface area (TPSA) is 56.5 Å². The van der Waals surface area contributed by atoms with Gasteiger partial charge in [-0.3, -0.25) is 9.59 Å².